The lowest BCUT2D eigenvalue weighted by molar-refractivity contribution is 0.506. The molecule has 12 heavy (non-hydrogen) atoms. The molecule has 0 spiro atoms. The van der Waals surface area contributed by atoms with Gasteiger partial charge in [0.1, 0.15) is 0 Å². The van der Waals surface area contributed by atoms with Gasteiger partial charge in [-0.2, -0.15) is 0 Å². The van der Waals surface area contributed by atoms with E-state index in [1.807, 2.05) is 13.0 Å². The van der Waals surface area contributed by atoms with E-state index < -0.39 is 0 Å². The monoisotopic (exact) mass is 166 g/mol. The molecule has 0 radical (unpaired) electrons. The number of hydrogen-bond donors (Lipinski definition) is 2. The maximum Gasteiger partial charge on any atom is 0.0503 e. The van der Waals surface area contributed by atoms with Gasteiger partial charge in [-0.05, 0) is 18.4 Å². The van der Waals surface area contributed by atoms with Crippen molar-refractivity contribution in [2.45, 2.75) is 32.4 Å². The maximum absolute atomic E-state index is 5.93. The van der Waals surface area contributed by atoms with E-state index in [0.29, 0.717) is 5.92 Å². The molecular weight excluding hydrogens is 148 g/mol. The quantitative estimate of drug-likeness (QED) is 0.614. The number of hydrogen-bond acceptors (Lipinski definition) is 2. The van der Waals surface area contributed by atoms with Gasteiger partial charge in [0.2, 0.25) is 0 Å². The maximum atomic E-state index is 5.93. The molecule has 0 aromatic carbocycles. The average molecular weight is 166 g/mol. The zero-order valence-corrected chi connectivity index (χ0v) is 8.04. The van der Waals surface area contributed by atoms with Crippen molar-refractivity contribution in [3.05, 3.63) is 23.8 Å². The van der Waals surface area contributed by atoms with Gasteiger partial charge >= 0.3 is 0 Å². The topological polar surface area (TPSA) is 52.0 Å². The molecule has 0 amide bonds. The van der Waals surface area contributed by atoms with Crippen molar-refractivity contribution < 1.29 is 0 Å². The van der Waals surface area contributed by atoms with Crippen LogP contribution in [-0.4, -0.2) is 11.6 Å². The Bertz CT molecular complexity index is 224. The molecule has 68 valence electrons. The predicted octanol–water partition coefficient (Wildman–Crippen LogP) is 1.18. The van der Waals surface area contributed by atoms with Gasteiger partial charge in [0.15, 0.2) is 0 Å². The van der Waals surface area contributed by atoms with Gasteiger partial charge in [-0.15, -0.1) is 0 Å². The van der Waals surface area contributed by atoms with Gasteiger partial charge in [-0.1, -0.05) is 32.1 Å². The van der Waals surface area contributed by atoms with Crippen LogP contribution in [0.4, 0.5) is 0 Å². The minimum absolute atomic E-state index is 0.0556. The summed E-state index contributed by atoms with van der Waals surface area (Å²) in [6.45, 7) is 6.26. The lowest BCUT2D eigenvalue weighted by Gasteiger charge is -2.30. The Hall–Kier alpha value is -0.600. The third-order valence-electron chi connectivity index (χ3n) is 2.39. The largest absolute Gasteiger partial charge is 0.323 e. The Labute approximate surface area is 74.3 Å². The Morgan fingerprint density at radius 2 is 2.08 bits per heavy atom. The van der Waals surface area contributed by atoms with E-state index in [0.717, 1.165) is 0 Å². The molecule has 0 bridgehead atoms. The van der Waals surface area contributed by atoms with Gasteiger partial charge in [0.25, 0.3) is 0 Å². The second-order valence-corrected chi connectivity index (χ2v) is 4.05. The number of nitrogens with two attached hydrogens (primary N) is 2. The van der Waals surface area contributed by atoms with E-state index in [2.05, 4.69) is 26.0 Å². The summed E-state index contributed by atoms with van der Waals surface area (Å²) >= 11 is 0. The second-order valence-electron chi connectivity index (χ2n) is 4.05. The molecule has 0 saturated carbocycles. The molecule has 1 rings (SSSR count). The van der Waals surface area contributed by atoms with Crippen LogP contribution < -0.4 is 11.5 Å². The van der Waals surface area contributed by atoms with Crippen molar-refractivity contribution in [2.75, 3.05) is 0 Å². The molecule has 0 fully saturated rings. The van der Waals surface area contributed by atoms with E-state index in [1.165, 1.54) is 5.57 Å². The van der Waals surface area contributed by atoms with Crippen molar-refractivity contribution in [3.63, 3.8) is 0 Å². The van der Waals surface area contributed by atoms with Gasteiger partial charge < -0.3 is 11.5 Å². The molecule has 2 heteroatoms. The molecule has 4 N–H and O–H groups in total. The normalized spacial score (nSPS) is 35.5. The highest BCUT2D eigenvalue weighted by atomic mass is 14.8. The van der Waals surface area contributed by atoms with Crippen molar-refractivity contribution in [1.82, 2.24) is 0 Å². The Kier molecular flexibility index (Phi) is 2.40. The molecule has 0 heterocycles. The summed E-state index contributed by atoms with van der Waals surface area (Å²) in [5.74, 6) is 0.531. The number of allylic oxidation sites excluding steroid dienone is 2. The summed E-state index contributed by atoms with van der Waals surface area (Å²) in [7, 11) is 0. The SMILES string of the molecule is CC(C)C1=CC(N)C(C)(N)C=C1. The minimum Gasteiger partial charge on any atom is -0.323 e. The smallest absolute Gasteiger partial charge is 0.0503 e. The molecule has 2 unspecified atom stereocenters. The van der Waals surface area contributed by atoms with Crippen molar-refractivity contribution >= 4 is 0 Å². The van der Waals surface area contributed by atoms with Crippen LogP contribution in [0.25, 0.3) is 0 Å². The van der Waals surface area contributed by atoms with Crippen LogP contribution >= 0.6 is 0 Å². The zero-order valence-electron chi connectivity index (χ0n) is 8.04. The molecule has 2 nitrogen and oxygen atoms in total. The third-order valence-corrected chi connectivity index (χ3v) is 2.39. The summed E-state index contributed by atoms with van der Waals surface area (Å²) in [5, 5.41) is 0. The molecule has 0 aliphatic heterocycles. The standard InChI is InChI=1S/C10H18N2/c1-7(2)8-4-5-10(3,12)9(11)6-8/h4-7,9H,11-12H2,1-3H3. The molecule has 2 atom stereocenters. The third kappa shape index (κ3) is 1.76. The van der Waals surface area contributed by atoms with Crippen LogP contribution in [0, 0.1) is 5.92 Å². The summed E-state index contributed by atoms with van der Waals surface area (Å²) < 4.78 is 0. The average Bonchev–Trinajstić information content (AvgIpc) is 1.94. The van der Waals surface area contributed by atoms with Crippen molar-refractivity contribution in [3.8, 4) is 0 Å². The van der Waals surface area contributed by atoms with Crippen LogP contribution in [-0.2, 0) is 0 Å². The highest BCUT2D eigenvalue weighted by molar-refractivity contribution is 5.33. The zero-order chi connectivity index (χ0) is 9.35. The molecular formula is C10H18N2. The summed E-state index contributed by atoms with van der Waals surface area (Å²) in [6.07, 6.45) is 6.13. The van der Waals surface area contributed by atoms with E-state index >= 15 is 0 Å². The first-order valence-corrected chi connectivity index (χ1v) is 4.39. The molecule has 0 aromatic heterocycles. The summed E-state index contributed by atoms with van der Waals surface area (Å²) in [5.41, 5.74) is 12.7. The first-order valence-electron chi connectivity index (χ1n) is 4.39. The fraction of sp³-hybridized carbons (Fsp3) is 0.600. The summed E-state index contributed by atoms with van der Waals surface area (Å²) in [6, 6.07) is -0.0556. The predicted molar refractivity (Wildman–Crippen MR) is 52.6 cm³/mol. The Morgan fingerprint density at radius 3 is 2.50 bits per heavy atom. The number of rotatable bonds is 1. The minimum atomic E-state index is -0.377. The lowest BCUT2D eigenvalue weighted by Crippen LogP contribution is -2.51. The van der Waals surface area contributed by atoms with Gasteiger partial charge in [-0.3, -0.25) is 0 Å². The fourth-order valence-corrected chi connectivity index (χ4v) is 1.21. The summed E-state index contributed by atoms with van der Waals surface area (Å²) in [4.78, 5) is 0. The van der Waals surface area contributed by atoms with E-state index in [1.54, 1.807) is 0 Å². The molecule has 1 aliphatic carbocycles. The van der Waals surface area contributed by atoms with E-state index in [-0.39, 0.29) is 11.6 Å². The van der Waals surface area contributed by atoms with Crippen molar-refractivity contribution in [2.24, 2.45) is 17.4 Å². The highest BCUT2D eigenvalue weighted by Gasteiger charge is 2.25. The van der Waals surface area contributed by atoms with Crippen LogP contribution in [0.3, 0.4) is 0 Å². The van der Waals surface area contributed by atoms with Crippen molar-refractivity contribution in [1.29, 1.82) is 0 Å². The highest BCUT2D eigenvalue weighted by Crippen LogP contribution is 2.21. The van der Waals surface area contributed by atoms with Gasteiger partial charge in [-0.25, -0.2) is 0 Å². The van der Waals surface area contributed by atoms with Crippen LogP contribution in [0.5, 0.6) is 0 Å². The van der Waals surface area contributed by atoms with Crippen LogP contribution in [0.1, 0.15) is 20.8 Å². The van der Waals surface area contributed by atoms with Crippen LogP contribution in [0.2, 0.25) is 0 Å². The molecule has 1 aliphatic rings. The second kappa shape index (κ2) is 3.04. The molecule has 0 aromatic rings. The Balaban J connectivity index is 2.83. The van der Waals surface area contributed by atoms with E-state index in [4.69, 9.17) is 11.5 Å². The fourth-order valence-electron chi connectivity index (χ4n) is 1.21. The lowest BCUT2D eigenvalue weighted by atomic mass is 9.84. The molecule has 0 saturated heterocycles. The first kappa shape index (κ1) is 9.49. The van der Waals surface area contributed by atoms with E-state index in [9.17, 15) is 0 Å². The Morgan fingerprint density at radius 1 is 1.50 bits per heavy atom. The van der Waals surface area contributed by atoms with Gasteiger partial charge in [0, 0.05) is 6.04 Å². The van der Waals surface area contributed by atoms with Gasteiger partial charge in [0.05, 0.1) is 5.54 Å². The first-order chi connectivity index (χ1) is 5.43. The van der Waals surface area contributed by atoms with Crippen LogP contribution in [0.15, 0.2) is 23.8 Å².